The number of carbonyl (C=O) groups excluding carboxylic acids is 1. The average molecular weight is 394 g/mol. The Bertz CT molecular complexity index is 863. The van der Waals surface area contributed by atoms with Crippen LogP contribution in [0.2, 0.25) is 5.02 Å². The van der Waals surface area contributed by atoms with E-state index < -0.39 is 0 Å². The molecule has 1 unspecified atom stereocenters. The van der Waals surface area contributed by atoms with Gasteiger partial charge in [-0.05, 0) is 65.3 Å². The molecule has 0 aliphatic carbocycles. The minimum Gasteiger partial charge on any atom is -0.408 e. The molecule has 0 N–H and O–H groups in total. The summed E-state index contributed by atoms with van der Waals surface area (Å²) in [5.41, 5.74) is 1.26. The fraction of sp³-hybridized carbons (Fsp3) is 0.600. The highest BCUT2D eigenvalue weighted by atomic mass is 35.5. The van der Waals surface area contributed by atoms with Gasteiger partial charge in [0.15, 0.2) is 5.58 Å². The molecule has 0 spiro atoms. The Kier molecular flexibility index (Phi) is 5.96. The van der Waals surface area contributed by atoms with Crippen LogP contribution in [0.3, 0.4) is 0 Å². The molecule has 148 valence electrons. The van der Waals surface area contributed by atoms with Gasteiger partial charge >= 0.3 is 5.76 Å². The van der Waals surface area contributed by atoms with Crippen LogP contribution in [0.25, 0.3) is 11.1 Å². The third kappa shape index (κ3) is 4.22. The maximum atomic E-state index is 12.8. The zero-order valence-electron chi connectivity index (χ0n) is 16.4. The van der Waals surface area contributed by atoms with E-state index in [1.54, 1.807) is 22.8 Å². The van der Waals surface area contributed by atoms with Gasteiger partial charge in [-0.2, -0.15) is 0 Å². The van der Waals surface area contributed by atoms with E-state index in [1.165, 1.54) is 0 Å². The summed E-state index contributed by atoms with van der Waals surface area (Å²) < 4.78 is 7.07. The lowest BCUT2D eigenvalue weighted by Crippen LogP contribution is -2.49. The molecule has 1 aromatic carbocycles. The normalized spacial score (nSPS) is 18.6. The SMILES string of the molecule is CC(C)N(C(=O)CN1CCCC(n2c(=O)oc3ccc(Cl)cc32)C1)C(C)C. The van der Waals surface area contributed by atoms with Crippen molar-refractivity contribution >= 4 is 28.6 Å². The Morgan fingerprint density at radius 3 is 2.67 bits per heavy atom. The van der Waals surface area contributed by atoms with Gasteiger partial charge < -0.3 is 9.32 Å². The van der Waals surface area contributed by atoms with Crippen molar-refractivity contribution in [1.82, 2.24) is 14.4 Å². The highest BCUT2D eigenvalue weighted by Gasteiger charge is 2.28. The summed E-state index contributed by atoms with van der Waals surface area (Å²) in [7, 11) is 0. The van der Waals surface area contributed by atoms with Crippen LogP contribution in [0.15, 0.2) is 27.4 Å². The van der Waals surface area contributed by atoms with Gasteiger partial charge in [0.05, 0.1) is 18.1 Å². The number of rotatable bonds is 5. The molecule has 0 bridgehead atoms. The van der Waals surface area contributed by atoms with E-state index >= 15 is 0 Å². The second-order valence-electron chi connectivity index (χ2n) is 7.87. The van der Waals surface area contributed by atoms with Crippen molar-refractivity contribution in [2.75, 3.05) is 19.6 Å². The van der Waals surface area contributed by atoms with Crippen LogP contribution < -0.4 is 5.76 Å². The van der Waals surface area contributed by atoms with E-state index in [4.69, 9.17) is 16.0 Å². The predicted molar refractivity (Wildman–Crippen MR) is 107 cm³/mol. The van der Waals surface area contributed by atoms with Crippen molar-refractivity contribution in [1.29, 1.82) is 0 Å². The Labute approximate surface area is 164 Å². The second kappa shape index (κ2) is 8.07. The number of halogens is 1. The lowest BCUT2D eigenvalue weighted by Gasteiger charge is -2.36. The van der Waals surface area contributed by atoms with Gasteiger partial charge in [-0.15, -0.1) is 0 Å². The molecule has 1 fully saturated rings. The maximum Gasteiger partial charge on any atom is 0.420 e. The van der Waals surface area contributed by atoms with E-state index in [1.807, 2.05) is 32.6 Å². The Morgan fingerprint density at radius 1 is 1.30 bits per heavy atom. The summed E-state index contributed by atoms with van der Waals surface area (Å²) in [5, 5.41) is 0.574. The van der Waals surface area contributed by atoms with Crippen LogP contribution >= 0.6 is 11.6 Å². The van der Waals surface area contributed by atoms with Crippen molar-refractivity contribution in [2.45, 2.75) is 58.7 Å². The van der Waals surface area contributed by atoms with Gasteiger partial charge in [0.2, 0.25) is 5.91 Å². The van der Waals surface area contributed by atoms with Crippen molar-refractivity contribution in [2.24, 2.45) is 0 Å². The van der Waals surface area contributed by atoms with Crippen LogP contribution in [-0.4, -0.2) is 52.0 Å². The molecular weight excluding hydrogens is 366 g/mol. The lowest BCUT2D eigenvalue weighted by atomic mass is 10.0. The smallest absolute Gasteiger partial charge is 0.408 e. The van der Waals surface area contributed by atoms with E-state index in [0.717, 1.165) is 24.9 Å². The van der Waals surface area contributed by atoms with Crippen LogP contribution in [0.1, 0.15) is 46.6 Å². The molecule has 3 rings (SSSR count). The lowest BCUT2D eigenvalue weighted by molar-refractivity contribution is -0.136. The monoisotopic (exact) mass is 393 g/mol. The number of nitrogens with zero attached hydrogens (tertiary/aromatic N) is 3. The molecule has 1 aromatic heterocycles. The van der Waals surface area contributed by atoms with Gasteiger partial charge in [0.1, 0.15) is 0 Å². The van der Waals surface area contributed by atoms with Crippen LogP contribution in [-0.2, 0) is 4.79 Å². The molecule has 1 saturated heterocycles. The maximum absolute atomic E-state index is 12.8. The molecule has 0 saturated carbocycles. The number of piperidine rings is 1. The zero-order chi connectivity index (χ0) is 19.7. The average Bonchev–Trinajstić information content (AvgIpc) is 2.89. The third-order valence-corrected chi connectivity index (χ3v) is 5.41. The first kappa shape index (κ1) is 20.0. The molecule has 1 aliphatic heterocycles. The van der Waals surface area contributed by atoms with E-state index in [-0.39, 0.29) is 29.8 Å². The molecule has 2 aromatic rings. The van der Waals surface area contributed by atoms with E-state index in [0.29, 0.717) is 23.7 Å². The number of carbonyl (C=O) groups is 1. The summed E-state index contributed by atoms with van der Waals surface area (Å²) in [4.78, 5) is 29.3. The summed E-state index contributed by atoms with van der Waals surface area (Å²) in [6.07, 6.45) is 1.81. The summed E-state index contributed by atoms with van der Waals surface area (Å²) in [6.45, 7) is 10.0. The minimum atomic E-state index is -0.364. The van der Waals surface area contributed by atoms with Gasteiger partial charge in [0.25, 0.3) is 0 Å². The van der Waals surface area contributed by atoms with E-state index in [2.05, 4.69) is 4.90 Å². The summed E-state index contributed by atoms with van der Waals surface area (Å²) in [6, 6.07) is 5.52. The largest absolute Gasteiger partial charge is 0.420 e. The number of fused-ring (bicyclic) bond motifs is 1. The third-order valence-electron chi connectivity index (χ3n) is 5.18. The molecule has 6 nitrogen and oxygen atoms in total. The van der Waals surface area contributed by atoms with Gasteiger partial charge in [0, 0.05) is 23.7 Å². The van der Waals surface area contributed by atoms with Crippen molar-refractivity contribution in [3.8, 4) is 0 Å². The first-order valence-electron chi connectivity index (χ1n) is 9.62. The Morgan fingerprint density at radius 2 is 2.00 bits per heavy atom. The summed E-state index contributed by atoms with van der Waals surface area (Å²) in [5.74, 6) is -0.232. The number of aromatic nitrogens is 1. The predicted octanol–water partition coefficient (Wildman–Crippen LogP) is 3.53. The quantitative estimate of drug-likeness (QED) is 0.779. The first-order valence-corrected chi connectivity index (χ1v) is 10.00. The number of benzene rings is 1. The second-order valence-corrected chi connectivity index (χ2v) is 8.31. The molecule has 2 heterocycles. The number of amides is 1. The Balaban J connectivity index is 1.79. The highest BCUT2D eigenvalue weighted by Crippen LogP contribution is 2.26. The topological polar surface area (TPSA) is 58.7 Å². The van der Waals surface area contributed by atoms with Crippen LogP contribution in [0.5, 0.6) is 0 Å². The van der Waals surface area contributed by atoms with Crippen molar-refractivity contribution in [3.05, 3.63) is 33.8 Å². The van der Waals surface area contributed by atoms with Crippen LogP contribution in [0.4, 0.5) is 0 Å². The molecular formula is C20H28ClN3O3. The number of oxazole rings is 1. The fourth-order valence-electron chi connectivity index (χ4n) is 4.18. The number of likely N-dealkylation sites (tertiary alicyclic amines) is 1. The molecule has 1 atom stereocenters. The zero-order valence-corrected chi connectivity index (χ0v) is 17.2. The van der Waals surface area contributed by atoms with E-state index in [9.17, 15) is 9.59 Å². The Hall–Kier alpha value is -1.79. The standard InChI is InChI=1S/C20H28ClN3O3/c1-13(2)23(14(3)4)19(25)12-22-9-5-6-16(11-22)24-17-10-15(21)7-8-18(17)27-20(24)26/h7-8,10,13-14,16H,5-6,9,11-12H2,1-4H3. The minimum absolute atomic E-state index is 0.0229. The van der Waals surface area contributed by atoms with Gasteiger partial charge in [-0.25, -0.2) is 4.79 Å². The number of hydrogen-bond donors (Lipinski definition) is 0. The summed E-state index contributed by atoms with van der Waals surface area (Å²) >= 11 is 6.11. The highest BCUT2D eigenvalue weighted by molar-refractivity contribution is 6.31. The van der Waals surface area contributed by atoms with Crippen molar-refractivity contribution in [3.63, 3.8) is 0 Å². The van der Waals surface area contributed by atoms with Crippen molar-refractivity contribution < 1.29 is 9.21 Å². The molecule has 1 aliphatic rings. The molecule has 1 amide bonds. The first-order chi connectivity index (χ1) is 12.8. The fourth-order valence-corrected chi connectivity index (χ4v) is 4.35. The van der Waals surface area contributed by atoms with Crippen LogP contribution in [0, 0.1) is 0 Å². The number of hydrogen-bond acceptors (Lipinski definition) is 4. The molecule has 7 heteroatoms. The van der Waals surface area contributed by atoms with Gasteiger partial charge in [-0.1, -0.05) is 11.6 Å². The van der Waals surface area contributed by atoms with Gasteiger partial charge in [-0.3, -0.25) is 14.3 Å². The molecule has 0 radical (unpaired) electrons. The molecule has 27 heavy (non-hydrogen) atoms.